The van der Waals surface area contributed by atoms with Gasteiger partial charge in [-0.1, -0.05) is 11.6 Å². The molecule has 0 aliphatic rings. The molecule has 2 aromatic carbocycles. The van der Waals surface area contributed by atoms with Gasteiger partial charge in [0.15, 0.2) is 6.61 Å². The van der Waals surface area contributed by atoms with Crippen LogP contribution in [0.3, 0.4) is 0 Å². The molecular formula is C16H15N3O2. The maximum atomic E-state index is 12.2. The van der Waals surface area contributed by atoms with Gasteiger partial charge in [0.2, 0.25) is 0 Å². The number of carbonyl (C=O) groups is 1. The van der Waals surface area contributed by atoms with Crippen molar-refractivity contribution in [1.29, 1.82) is 5.26 Å². The van der Waals surface area contributed by atoms with E-state index in [1.807, 2.05) is 19.1 Å². The number of nitrogens with zero attached hydrogens (tertiary/aromatic N) is 1. The highest BCUT2D eigenvalue weighted by molar-refractivity contribution is 6.07. The molecule has 0 aromatic heterocycles. The van der Waals surface area contributed by atoms with Gasteiger partial charge in [-0.25, -0.2) is 0 Å². The highest BCUT2D eigenvalue weighted by Crippen LogP contribution is 2.19. The molecule has 0 unspecified atom stereocenters. The van der Waals surface area contributed by atoms with Crippen LogP contribution in [0.1, 0.15) is 15.9 Å². The van der Waals surface area contributed by atoms with Crippen molar-refractivity contribution < 1.29 is 9.53 Å². The fourth-order valence-corrected chi connectivity index (χ4v) is 1.82. The second-order valence-corrected chi connectivity index (χ2v) is 4.52. The fourth-order valence-electron chi connectivity index (χ4n) is 1.82. The van der Waals surface area contributed by atoms with Gasteiger partial charge in [0.1, 0.15) is 11.8 Å². The Labute approximate surface area is 123 Å². The number of ether oxygens (including phenoxy) is 1. The molecule has 106 valence electrons. The van der Waals surface area contributed by atoms with E-state index in [1.165, 1.54) is 0 Å². The number of nitrogens with two attached hydrogens (primary N) is 1. The predicted octanol–water partition coefficient (Wildman–Crippen LogP) is 2.73. The summed E-state index contributed by atoms with van der Waals surface area (Å²) in [5, 5.41) is 11.2. The first-order valence-electron chi connectivity index (χ1n) is 6.37. The monoisotopic (exact) mass is 281 g/mol. The number of nitriles is 1. The summed E-state index contributed by atoms with van der Waals surface area (Å²) in [4.78, 5) is 12.2. The van der Waals surface area contributed by atoms with Gasteiger partial charge in [-0.3, -0.25) is 4.79 Å². The SMILES string of the molecule is Cc1ccc(N)c(C(=O)Nc2ccc(OCC#N)cc2)c1. The molecular weight excluding hydrogens is 266 g/mol. The molecule has 0 heterocycles. The van der Waals surface area contributed by atoms with E-state index in [1.54, 1.807) is 36.4 Å². The molecule has 5 nitrogen and oxygen atoms in total. The molecule has 5 heteroatoms. The number of nitrogen functional groups attached to an aromatic ring is 1. The van der Waals surface area contributed by atoms with Gasteiger partial charge in [-0.15, -0.1) is 0 Å². The molecule has 21 heavy (non-hydrogen) atoms. The van der Waals surface area contributed by atoms with Crippen molar-refractivity contribution in [3.05, 3.63) is 53.6 Å². The first-order chi connectivity index (χ1) is 10.1. The van der Waals surface area contributed by atoms with E-state index >= 15 is 0 Å². The molecule has 0 radical (unpaired) electrons. The summed E-state index contributed by atoms with van der Waals surface area (Å²) in [6.45, 7) is 1.89. The molecule has 0 atom stereocenters. The van der Waals surface area contributed by atoms with E-state index in [4.69, 9.17) is 15.7 Å². The molecule has 2 aromatic rings. The quantitative estimate of drug-likeness (QED) is 0.843. The number of rotatable bonds is 4. The third kappa shape index (κ3) is 3.74. The Morgan fingerprint density at radius 2 is 2.00 bits per heavy atom. The average molecular weight is 281 g/mol. The van der Waals surface area contributed by atoms with Crippen molar-refractivity contribution in [2.75, 3.05) is 17.7 Å². The van der Waals surface area contributed by atoms with Crippen LogP contribution in [0.4, 0.5) is 11.4 Å². The Bertz CT molecular complexity index is 688. The first-order valence-corrected chi connectivity index (χ1v) is 6.37. The number of carbonyl (C=O) groups excluding carboxylic acids is 1. The first kappa shape index (κ1) is 14.4. The van der Waals surface area contributed by atoms with E-state index in [2.05, 4.69) is 5.32 Å². The van der Waals surface area contributed by atoms with Gasteiger partial charge >= 0.3 is 0 Å². The zero-order valence-electron chi connectivity index (χ0n) is 11.6. The van der Waals surface area contributed by atoms with Crippen molar-refractivity contribution in [2.45, 2.75) is 6.92 Å². The number of aryl methyl sites for hydroxylation is 1. The fraction of sp³-hybridized carbons (Fsp3) is 0.125. The highest BCUT2D eigenvalue weighted by atomic mass is 16.5. The summed E-state index contributed by atoms with van der Waals surface area (Å²) < 4.78 is 5.14. The van der Waals surface area contributed by atoms with Crippen LogP contribution in [-0.2, 0) is 0 Å². The lowest BCUT2D eigenvalue weighted by Crippen LogP contribution is -2.14. The number of anilines is 2. The standard InChI is InChI=1S/C16H15N3O2/c1-11-2-7-15(18)14(10-11)16(20)19-12-3-5-13(6-4-12)21-9-8-17/h2-7,10H,9,18H2,1H3,(H,19,20). The summed E-state index contributed by atoms with van der Waals surface area (Å²) in [6.07, 6.45) is 0. The third-order valence-corrected chi connectivity index (χ3v) is 2.87. The Morgan fingerprint density at radius 3 is 2.67 bits per heavy atom. The number of amides is 1. The van der Waals surface area contributed by atoms with Crippen LogP contribution >= 0.6 is 0 Å². The van der Waals surface area contributed by atoms with Crippen molar-refractivity contribution in [3.8, 4) is 11.8 Å². The Hall–Kier alpha value is -3.00. The minimum absolute atomic E-state index is 0.00840. The highest BCUT2D eigenvalue weighted by Gasteiger charge is 2.10. The normalized spacial score (nSPS) is 9.71. The van der Waals surface area contributed by atoms with Crippen LogP contribution in [0, 0.1) is 18.3 Å². The van der Waals surface area contributed by atoms with Crippen LogP contribution in [0.2, 0.25) is 0 Å². The van der Waals surface area contributed by atoms with Crippen molar-refractivity contribution in [1.82, 2.24) is 0 Å². The molecule has 2 rings (SSSR count). The summed E-state index contributed by atoms with van der Waals surface area (Å²) in [7, 11) is 0. The summed E-state index contributed by atoms with van der Waals surface area (Å²) in [5.41, 5.74) is 8.29. The van der Waals surface area contributed by atoms with Crippen LogP contribution in [-0.4, -0.2) is 12.5 Å². The van der Waals surface area contributed by atoms with E-state index in [9.17, 15) is 4.79 Å². The summed E-state index contributed by atoms with van der Waals surface area (Å²) >= 11 is 0. The summed E-state index contributed by atoms with van der Waals surface area (Å²) in [6, 6.07) is 14.0. The van der Waals surface area contributed by atoms with E-state index in [0.29, 0.717) is 22.7 Å². The zero-order valence-corrected chi connectivity index (χ0v) is 11.6. The predicted molar refractivity (Wildman–Crippen MR) is 81.1 cm³/mol. The minimum Gasteiger partial charge on any atom is -0.479 e. The van der Waals surface area contributed by atoms with Crippen LogP contribution in [0.25, 0.3) is 0 Å². The molecule has 0 saturated heterocycles. The van der Waals surface area contributed by atoms with Crippen LogP contribution in [0.15, 0.2) is 42.5 Å². The van der Waals surface area contributed by atoms with Gasteiger partial charge in [0.25, 0.3) is 5.91 Å². The van der Waals surface area contributed by atoms with Crippen molar-refractivity contribution in [2.24, 2.45) is 0 Å². The number of nitrogens with one attached hydrogen (secondary N) is 1. The number of hydrogen-bond donors (Lipinski definition) is 2. The maximum absolute atomic E-state index is 12.2. The lowest BCUT2D eigenvalue weighted by Gasteiger charge is -2.09. The Kier molecular flexibility index (Phi) is 4.42. The second kappa shape index (κ2) is 6.44. The van der Waals surface area contributed by atoms with E-state index < -0.39 is 0 Å². The third-order valence-electron chi connectivity index (χ3n) is 2.87. The molecule has 0 aliphatic heterocycles. The number of hydrogen-bond acceptors (Lipinski definition) is 4. The van der Waals surface area contributed by atoms with Gasteiger partial charge in [-0.05, 0) is 43.3 Å². The molecule has 1 amide bonds. The second-order valence-electron chi connectivity index (χ2n) is 4.52. The van der Waals surface area contributed by atoms with Crippen LogP contribution < -0.4 is 15.8 Å². The van der Waals surface area contributed by atoms with Crippen LogP contribution in [0.5, 0.6) is 5.75 Å². The number of benzene rings is 2. The van der Waals surface area contributed by atoms with Gasteiger partial charge in [0.05, 0.1) is 5.56 Å². The molecule has 0 aliphatic carbocycles. The summed E-state index contributed by atoms with van der Waals surface area (Å²) in [5.74, 6) is 0.312. The molecule has 0 fully saturated rings. The van der Waals surface area contributed by atoms with Gasteiger partial charge in [0, 0.05) is 11.4 Å². The molecule has 0 bridgehead atoms. The maximum Gasteiger partial charge on any atom is 0.257 e. The van der Waals surface area contributed by atoms with Crippen molar-refractivity contribution in [3.63, 3.8) is 0 Å². The van der Waals surface area contributed by atoms with Gasteiger partial charge < -0.3 is 15.8 Å². The lowest BCUT2D eigenvalue weighted by molar-refractivity contribution is 0.102. The van der Waals surface area contributed by atoms with Gasteiger partial charge in [-0.2, -0.15) is 5.26 Å². The Balaban J connectivity index is 2.09. The topological polar surface area (TPSA) is 88.1 Å². The molecule has 3 N–H and O–H groups in total. The largest absolute Gasteiger partial charge is 0.479 e. The molecule has 0 spiro atoms. The zero-order chi connectivity index (χ0) is 15.2. The lowest BCUT2D eigenvalue weighted by atomic mass is 10.1. The molecule has 0 saturated carbocycles. The minimum atomic E-state index is -0.262. The Morgan fingerprint density at radius 1 is 1.29 bits per heavy atom. The van der Waals surface area contributed by atoms with Crippen molar-refractivity contribution >= 4 is 17.3 Å². The van der Waals surface area contributed by atoms with E-state index in [-0.39, 0.29) is 12.5 Å². The average Bonchev–Trinajstić information content (AvgIpc) is 2.49. The smallest absolute Gasteiger partial charge is 0.257 e. The van der Waals surface area contributed by atoms with E-state index in [0.717, 1.165) is 5.56 Å².